The molecule has 4 rings (SSSR count). The van der Waals surface area contributed by atoms with Crippen LogP contribution in [0.4, 0.5) is 11.4 Å². The summed E-state index contributed by atoms with van der Waals surface area (Å²) in [4.78, 5) is 30.1. The van der Waals surface area contributed by atoms with Gasteiger partial charge in [-0.3, -0.25) is 9.59 Å². The van der Waals surface area contributed by atoms with Crippen LogP contribution in [0.2, 0.25) is 0 Å². The Balaban J connectivity index is 1.34. The lowest BCUT2D eigenvalue weighted by Crippen LogP contribution is -3.16. The zero-order valence-electron chi connectivity index (χ0n) is 16.6. The molecular formula is C23H28N3O2+. The minimum atomic E-state index is 0.0945. The molecule has 2 aliphatic heterocycles. The second kappa shape index (κ2) is 7.76. The Morgan fingerprint density at radius 1 is 1.04 bits per heavy atom. The molecule has 1 amide bonds. The Bertz CT molecular complexity index is 870. The molecule has 146 valence electrons. The summed E-state index contributed by atoms with van der Waals surface area (Å²) in [6.07, 6.45) is 0.946. The number of piperazine rings is 1. The van der Waals surface area contributed by atoms with Gasteiger partial charge in [-0.25, -0.2) is 0 Å². The number of ketones is 1. The molecule has 0 saturated carbocycles. The maximum Gasteiger partial charge on any atom is 0.282 e. The second-order valence-electron chi connectivity index (χ2n) is 7.96. The van der Waals surface area contributed by atoms with Gasteiger partial charge in [0, 0.05) is 23.0 Å². The van der Waals surface area contributed by atoms with Crippen molar-refractivity contribution in [3.8, 4) is 0 Å². The lowest BCUT2D eigenvalue weighted by Gasteiger charge is -2.34. The van der Waals surface area contributed by atoms with Crippen molar-refractivity contribution in [3.63, 3.8) is 0 Å². The average molecular weight is 378 g/mol. The van der Waals surface area contributed by atoms with Gasteiger partial charge in [-0.05, 0) is 56.2 Å². The molecule has 2 aromatic rings. The first-order valence-electron chi connectivity index (χ1n) is 10.1. The van der Waals surface area contributed by atoms with E-state index in [9.17, 15) is 9.59 Å². The molecule has 2 heterocycles. The van der Waals surface area contributed by atoms with E-state index < -0.39 is 0 Å². The summed E-state index contributed by atoms with van der Waals surface area (Å²) in [7, 11) is 0. The standard InChI is InChI=1S/C23H27N3O2/c1-17-15-20-5-3-4-6-22(20)26(17)23(28)16-24-11-13-25(14-12-24)21-9-7-19(8-10-21)18(2)27/h3-10,17H,11-16H2,1-2H3/p+1/t17-/m0/s1. The molecule has 5 heteroatoms. The minimum Gasteiger partial charge on any atom is -0.360 e. The number of carbonyl (C=O) groups is 2. The number of nitrogens with zero attached hydrogens (tertiary/aromatic N) is 2. The van der Waals surface area contributed by atoms with Crippen molar-refractivity contribution in [2.45, 2.75) is 26.3 Å². The van der Waals surface area contributed by atoms with Gasteiger partial charge in [0.1, 0.15) is 0 Å². The van der Waals surface area contributed by atoms with Crippen molar-refractivity contribution < 1.29 is 14.5 Å². The molecule has 0 bridgehead atoms. The lowest BCUT2D eigenvalue weighted by molar-refractivity contribution is -0.892. The van der Waals surface area contributed by atoms with E-state index in [2.05, 4.69) is 24.0 Å². The average Bonchev–Trinajstić information content (AvgIpc) is 3.04. The van der Waals surface area contributed by atoms with Crippen LogP contribution in [0, 0.1) is 0 Å². The number of para-hydroxylation sites is 1. The normalized spacial score (nSPS) is 19.6. The third kappa shape index (κ3) is 3.67. The molecule has 28 heavy (non-hydrogen) atoms. The third-order valence-electron chi connectivity index (χ3n) is 5.99. The van der Waals surface area contributed by atoms with Crippen molar-refractivity contribution in [1.82, 2.24) is 0 Å². The van der Waals surface area contributed by atoms with E-state index in [4.69, 9.17) is 0 Å². The van der Waals surface area contributed by atoms with Crippen LogP contribution in [0.25, 0.3) is 0 Å². The van der Waals surface area contributed by atoms with Gasteiger partial charge >= 0.3 is 0 Å². The molecule has 1 atom stereocenters. The molecule has 1 saturated heterocycles. The number of fused-ring (bicyclic) bond motifs is 1. The third-order valence-corrected chi connectivity index (χ3v) is 5.99. The summed E-state index contributed by atoms with van der Waals surface area (Å²) in [5.41, 5.74) is 4.26. The van der Waals surface area contributed by atoms with Crippen molar-refractivity contribution >= 4 is 23.1 Å². The van der Waals surface area contributed by atoms with Gasteiger partial charge in [0.25, 0.3) is 5.91 Å². The quantitative estimate of drug-likeness (QED) is 0.822. The summed E-state index contributed by atoms with van der Waals surface area (Å²) in [6, 6.07) is 16.3. The first-order chi connectivity index (χ1) is 13.5. The fourth-order valence-corrected chi connectivity index (χ4v) is 4.41. The van der Waals surface area contributed by atoms with E-state index in [1.165, 1.54) is 10.5 Å². The van der Waals surface area contributed by atoms with Crippen molar-refractivity contribution in [3.05, 3.63) is 59.7 Å². The van der Waals surface area contributed by atoms with Crippen LogP contribution in [-0.2, 0) is 11.2 Å². The van der Waals surface area contributed by atoms with Gasteiger partial charge in [-0.2, -0.15) is 0 Å². The fourth-order valence-electron chi connectivity index (χ4n) is 4.41. The highest BCUT2D eigenvalue weighted by Crippen LogP contribution is 2.31. The molecule has 0 spiro atoms. The lowest BCUT2D eigenvalue weighted by atomic mass is 10.1. The van der Waals surface area contributed by atoms with E-state index >= 15 is 0 Å². The minimum absolute atomic E-state index is 0.0945. The molecule has 2 aromatic carbocycles. The van der Waals surface area contributed by atoms with Gasteiger partial charge in [-0.15, -0.1) is 0 Å². The van der Waals surface area contributed by atoms with E-state index in [1.54, 1.807) is 6.92 Å². The van der Waals surface area contributed by atoms with Crippen LogP contribution in [0.15, 0.2) is 48.5 Å². The largest absolute Gasteiger partial charge is 0.360 e. The number of quaternary nitrogens is 1. The zero-order valence-corrected chi connectivity index (χ0v) is 16.6. The van der Waals surface area contributed by atoms with Crippen molar-refractivity contribution in [2.75, 3.05) is 42.5 Å². The monoisotopic (exact) mass is 378 g/mol. The predicted octanol–water partition coefficient (Wildman–Crippen LogP) is 1.57. The predicted molar refractivity (Wildman–Crippen MR) is 111 cm³/mol. The fraction of sp³-hybridized carbons (Fsp3) is 0.391. The Hall–Kier alpha value is -2.66. The zero-order chi connectivity index (χ0) is 19.7. The van der Waals surface area contributed by atoms with Crippen molar-refractivity contribution in [2.24, 2.45) is 0 Å². The summed E-state index contributed by atoms with van der Waals surface area (Å²) >= 11 is 0. The summed E-state index contributed by atoms with van der Waals surface area (Å²) in [6.45, 7) is 8.02. The summed E-state index contributed by atoms with van der Waals surface area (Å²) in [5, 5.41) is 0. The molecule has 0 aliphatic carbocycles. The molecule has 1 N–H and O–H groups in total. The summed E-state index contributed by atoms with van der Waals surface area (Å²) < 4.78 is 0. The molecule has 0 unspecified atom stereocenters. The van der Waals surface area contributed by atoms with E-state index in [1.807, 2.05) is 41.3 Å². The highest BCUT2D eigenvalue weighted by Gasteiger charge is 2.33. The maximum atomic E-state index is 13.0. The molecule has 1 fully saturated rings. The van der Waals surface area contributed by atoms with Gasteiger partial charge in [0.2, 0.25) is 0 Å². The Labute approximate surface area is 166 Å². The molecule has 0 aromatic heterocycles. The number of Topliss-reactive ketones (excluding diaryl/α,β-unsaturated/α-hetero) is 1. The Morgan fingerprint density at radius 3 is 2.39 bits per heavy atom. The maximum absolute atomic E-state index is 13.0. The second-order valence-corrected chi connectivity index (χ2v) is 7.96. The van der Waals surface area contributed by atoms with E-state index in [0.717, 1.165) is 49.5 Å². The molecule has 0 radical (unpaired) electrons. The number of anilines is 2. The van der Waals surface area contributed by atoms with Gasteiger partial charge in [0.05, 0.1) is 26.2 Å². The highest BCUT2D eigenvalue weighted by molar-refractivity contribution is 5.97. The number of nitrogens with one attached hydrogen (secondary N) is 1. The first kappa shape index (κ1) is 18.7. The number of benzene rings is 2. The van der Waals surface area contributed by atoms with Crippen LogP contribution >= 0.6 is 0 Å². The number of hydrogen-bond acceptors (Lipinski definition) is 3. The molecule has 2 aliphatic rings. The van der Waals surface area contributed by atoms with Crippen LogP contribution in [-0.4, -0.2) is 50.5 Å². The smallest absolute Gasteiger partial charge is 0.282 e. The van der Waals surface area contributed by atoms with Crippen LogP contribution in [0.3, 0.4) is 0 Å². The van der Waals surface area contributed by atoms with Crippen LogP contribution in [0.5, 0.6) is 0 Å². The topological polar surface area (TPSA) is 45.1 Å². The number of hydrogen-bond donors (Lipinski definition) is 1. The van der Waals surface area contributed by atoms with E-state index in [0.29, 0.717) is 6.54 Å². The SMILES string of the molecule is CC(=O)c1ccc(N2CC[NH+](CC(=O)N3c4ccccc4C[C@@H]3C)CC2)cc1. The van der Waals surface area contributed by atoms with E-state index in [-0.39, 0.29) is 17.7 Å². The van der Waals surface area contributed by atoms with Gasteiger partial charge in [0.15, 0.2) is 12.3 Å². The molecule has 5 nitrogen and oxygen atoms in total. The van der Waals surface area contributed by atoms with Crippen LogP contribution < -0.4 is 14.7 Å². The first-order valence-corrected chi connectivity index (χ1v) is 10.1. The summed E-state index contributed by atoms with van der Waals surface area (Å²) in [5.74, 6) is 0.323. The highest BCUT2D eigenvalue weighted by atomic mass is 16.2. The number of amides is 1. The van der Waals surface area contributed by atoms with Gasteiger partial charge in [-0.1, -0.05) is 18.2 Å². The van der Waals surface area contributed by atoms with Gasteiger partial charge < -0.3 is 14.7 Å². The Kier molecular flexibility index (Phi) is 5.18. The number of rotatable bonds is 4. The molecular weight excluding hydrogens is 350 g/mol. The van der Waals surface area contributed by atoms with Crippen molar-refractivity contribution in [1.29, 1.82) is 0 Å². The van der Waals surface area contributed by atoms with Crippen LogP contribution in [0.1, 0.15) is 29.8 Å². The Morgan fingerprint density at radius 2 is 1.71 bits per heavy atom. The number of carbonyl (C=O) groups excluding carboxylic acids is 2.